The van der Waals surface area contributed by atoms with E-state index in [0.29, 0.717) is 44.5 Å². The predicted octanol–water partition coefficient (Wildman–Crippen LogP) is 4.44. The zero-order chi connectivity index (χ0) is 37.3. The van der Waals surface area contributed by atoms with Gasteiger partial charge in [0, 0.05) is 56.1 Å². The van der Waals surface area contributed by atoms with E-state index in [1.54, 1.807) is 24.3 Å². The number of nitrogens with zero attached hydrogens (tertiary/aromatic N) is 3. The Balaban J connectivity index is 1.17. The summed E-state index contributed by atoms with van der Waals surface area (Å²) in [5.74, 6) is -0.575. The molecule has 3 saturated heterocycles. The maximum Gasteiger partial charge on any atom is 0.407 e. The minimum atomic E-state index is -3.50. The van der Waals surface area contributed by atoms with Gasteiger partial charge in [-0.1, -0.05) is 18.6 Å². The van der Waals surface area contributed by atoms with E-state index in [2.05, 4.69) is 15.5 Å². The smallest absolute Gasteiger partial charge is 0.407 e. The Hall–Kier alpha value is -3.56. The van der Waals surface area contributed by atoms with E-state index in [4.69, 9.17) is 9.47 Å². The molecule has 0 spiro atoms. The lowest BCUT2D eigenvalue weighted by atomic mass is 9.58. The Labute approximate surface area is 304 Å². The summed E-state index contributed by atoms with van der Waals surface area (Å²) in [4.78, 5) is 31.0. The van der Waals surface area contributed by atoms with Crippen LogP contribution in [-0.2, 0) is 31.3 Å². The minimum absolute atomic E-state index is 0.0351. The maximum absolute atomic E-state index is 16.3. The molecular formula is C37H50F3N5O6S. The van der Waals surface area contributed by atoms with Crippen molar-refractivity contribution in [2.45, 2.75) is 66.8 Å². The first-order valence-electron chi connectivity index (χ1n) is 18.0. The number of piperidine rings is 1. The zero-order valence-electron chi connectivity index (χ0n) is 30.1. The first-order chi connectivity index (χ1) is 24.7. The fraction of sp³-hybridized carbons (Fsp3) is 0.622. The minimum Gasteiger partial charge on any atom is -0.453 e. The number of rotatable bonds is 12. The highest BCUT2D eigenvalue weighted by Crippen LogP contribution is 2.50. The highest BCUT2D eigenvalue weighted by Gasteiger charge is 2.53. The molecule has 0 aromatic heterocycles. The van der Waals surface area contributed by atoms with Gasteiger partial charge in [0.1, 0.15) is 12.0 Å². The average Bonchev–Trinajstić information content (AvgIpc) is 3.54. The second-order valence-electron chi connectivity index (χ2n) is 15.1. The number of hydrogen-bond donors (Lipinski definition) is 2. The number of amides is 2. The third-order valence-corrected chi connectivity index (χ3v) is 12.8. The summed E-state index contributed by atoms with van der Waals surface area (Å²) in [6, 6.07) is 11.3. The van der Waals surface area contributed by atoms with Crippen molar-refractivity contribution >= 4 is 27.7 Å². The van der Waals surface area contributed by atoms with E-state index in [9.17, 15) is 26.8 Å². The first kappa shape index (κ1) is 38.2. The highest BCUT2D eigenvalue weighted by molar-refractivity contribution is 7.90. The normalized spacial score (nSPS) is 24.0. The number of alkyl halides is 2. The molecule has 4 fully saturated rings. The van der Waals surface area contributed by atoms with E-state index < -0.39 is 45.1 Å². The van der Waals surface area contributed by atoms with Gasteiger partial charge < -0.3 is 25.0 Å². The summed E-state index contributed by atoms with van der Waals surface area (Å²) in [6.07, 6.45) is 2.72. The molecule has 2 aromatic carbocycles. The summed E-state index contributed by atoms with van der Waals surface area (Å²) in [6.45, 7) is 2.72. The zero-order valence-corrected chi connectivity index (χ0v) is 30.9. The number of likely N-dealkylation sites (tertiary alicyclic amines) is 2. The van der Waals surface area contributed by atoms with Gasteiger partial charge in [0.05, 0.1) is 32.2 Å². The number of anilines is 1. The average molecular weight is 750 g/mol. The molecule has 3 heterocycles. The molecule has 1 aliphatic carbocycles. The molecule has 3 aliphatic heterocycles. The van der Waals surface area contributed by atoms with Crippen LogP contribution >= 0.6 is 0 Å². The van der Waals surface area contributed by atoms with Crippen molar-refractivity contribution < 1.29 is 40.7 Å². The van der Waals surface area contributed by atoms with Crippen LogP contribution in [0.4, 0.5) is 28.4 Å². The van der Waals surface area contributed by atoms with Crippen molar-refractivity contribution in [1.29, 1.82) is 0 Å². The van der Waals surface area contributed by atoms with Crippen LogP contribution in [-0.4, -0.2) is 121 Å². The molecule has 286 valence electrons. The second-order valence-corrected chi connectivity index (χ2v) is 17.1. The number of halogens is 3. The van der Waals surface area contributed by atoms with Crippen molar-refractivity contribution in [2.24, 2.45) is 11.8 Å². The van der Waals surface area contributed by atoms with E-state index in [-0.39, 0.29) is 62.0 Å². The van der Waals surface area contributed by atoms with E-state index >= 15 is 4.39 Å². The van der Waals surface area contributed by atoms with Gasteiger partial charge in [-0.15, -0.1) is 0 Å². The molecule has 6 rings (SSSR count). The molecule has 15 heteroatoms. The monoisotopic (exact) mass is 749 g/mol. The number of alkyl carbamates (subject to hydrolysis) is 2. The number of ether oxygens (including phenoxy) is 2. The molecule has 11 nitrogen and oxygen atoms in total. The Morgan fingerprint density at radius 1 is 0.981 bits per heavy atom. The molecule has 1 saturated carbocycles. The molecule has 2 aromatic rings. The molecular weight excluding hydrogens is 699 g/mol. The lowest BCUT2D eigenvalue weighted by Gasteiger charge is -2.52. The molecule has 0 bridgehead atoms. The Morgan fingerprint density at radius 3 is 2.33 bits per heavy atom. The predicted molar refractivity (Wildman–Crippen MR) is 190 cm³/mol. The van der Waals surface area contributed by atoms with Gasteiger partial charge in [-0.25, -0.2) is 31.2 Å². The SMILES string of the molecule is COC(=O)NC[C@@](c1cccc(F)c1)(C1CCN(CC2(F)CN(c3ccc(S(C)(=O)=O)c(CN4CC(F)C4)c3)C2)CC1)[C@H]1CCC[C@@H]1NC(=O)OC. The second kappa shape index (κ2) is 15.4. The van der Waals surface area contributed by atoms with E-state index in [1.165, 1.54) is 26.4 Å². The molecule has 3 atom stereocenters. The standard InChI is InChI=1S/C37H50F3N5O6S/c1-50-34(46)41-21-37(27-6-4-7-28(38)17-27,31-8-5-9-32(31)42-35(47)51-2)26-12-14-43(15-13-26)22-36(40)23-45(24-36)30-10-11-33(52(3,48)49)25(16-30)18-44-19-29(39)20-44/h4,6-7,10-11,16-17,26,29,31-32H,5,8-9,12-15,18-24H2,1-3H3,(H,41,46)(H,42,47)/t31-,32-,37-/m0/s1. The molecule has 0 unspecified atom stereocenters. The molecule has 2 amide bonds. The summed E-state index contributed by atoms with van der Waals surface area (Å²) >= 11 is 0. The summed E-state index contributed by atoms with van der Waals surface area (Å²) in [7, 11) is -0.890. The number of benzene rings is 2. The number of carbonyl (C=O) groups excluding carboxylic acids is 2. The molecule has 0 radical (unpaired) electrons. The molecule has 4 aliphatic rings. The lowest BCUT2D eigenvalue weighted by molar-refractivity contribution is 0.0255. The summed E-state index contributed by atoms with van der Waals surface area (Å²) in [5, 5.41) is 5.92. The first-order valence-corrected chi connectivity index (χ1v) is 19.9. The number of hydrogen-bond acceptors (Lipinski definition) is 9. The highest BCUT2D eigenvalue weighted by atomic mass is 32.2. The Bertz CT molecular complexity index is 1710. The third kappa shape index (κ3) is 8.15. The van der Waals surface area contributed by atoms with Crippen molar-refractivity contribution in [1.82, 2.24) is 20.4 Å². The van der Waals surface area contributed by atoms with Crippen LogP contribution in [0.3, 0.4) is 0 Å². The van der Waals surface area contributed by atoms with Gasteiger partial charge in [-0.2, -0.15) is 0 Å². The van der Waals surface area contributed by atoms with Gasteiger partial charge in [-0.3, -0.25) is 9.80 Å². The van der Waals surface area contributed by atoms with Gasteiger partial charge >= 0.3 is 12.2 Å². The third-order valence-electron chi connectivity index (χ3n) is 11.6. The summed E-state index contributed by atoms with van der Waals surface area (Å²) < 4.78 is 79.5. The van der Waals surface area contributed by atoms with Crippen molar-refractivity contribution in [3.8, 4) is 0 Å². The van der Waals surface area contributed by atoms with E-state index in [1.807, 2.05) is 15.9 Å². The van der Waals surface area contributed by atoms with E-state index in [0.717, 1.165) is 30.3 Å². The number of nitrogens with one attached hydrogen (secondary N) is 2. The van der Waals surface area contributed by atoms with Crippen LogP contribution in [0, 0.1) is 17.7 Å². The maximum atomic E-state index is 16.3. The Morgan fingerprint density at radius 2 is 1.69 bits per heavy atom. The fourth-order valence-corrected chi connectivity index (χ4v) is 10.1. The topological polar surface area (TPSA) is 121 Å². The lowest BCUT2D eigenvalue weighted by Crippen LogP contribution is -2.65. The number of carbonyl (C=O) groups is 2. The van der Waals surface area contributed by atoms with Gasteiger partial charge in [0.15, 0.2) is 15.5 Å². The van der Waals surface area contributed by atoms with Crippen molar-refractivity contribution in [3.63, 3.8) is 0 Å². The fourth-order valence-electron chi connectivity index (χ4n) is 9.21. The van der Waals surface area contributed by atoms with Crippen molar-refractivity contribution in [3.05, 3.63) is 59.4 Å². The summed E-state index contributed by atoms with van der Waals surface area (Å²) in [5.41, 5.74) is -0.185. The molecule has 2 N–H and O–H groups in total. The van der Waals surface area contributed by atoms with Crippen LogP contribution in [0.1, 0.15) is 43.2 Å². The van der Waals surface area contributed by atoms with Gasteiger partial charge in [0.2, 0.25) is 0 Å². The van der Waals surface area contributed by atoms with Crippen LogP contribution in [0.5, 0.6) is 0 Å². The van der Waals surface area contributed by atoms with Crippen LogP contribution in [0.15, 0.2) is 47.4 Å². The van der Waals surface area contributed by atoms with Crippen LogP contribution in [0.25, 0.3) is 0 Å². The van der Waals surface area contributed by atoms with Crippen LogP contribution in [0.2, 0.25) is 0 Å². The number of sulfone groups is 1. The van der Waals surface area contributed by atoms with Gasteiger partial charge in [0.25, 0.3) is 0 Å². The Kier molecular flexibility index (Phi) is 11.3. The molecule has 52 heavy (non-hydrogen) atoms. The quantitative estimate of drug-likeness (QED) is 0.325. The van der Waals surface area contributed by atoms with Crippen LogP contribution < -0.4 is 15.5 Å². The van der Waals surface area contributed by atoms with Gasteiger partial charge in [-0.05, 0) is 92.1 Å². The van der Waals surface area contributed by atoms with Crippen molar-refractivity contribution in [2.75, 3.05) is 77.7 Å². The largest absolute Gasteiger partial charge is 0.453 e. The number of methoxy groups -OCH3 is 2.